The predicted molar refractivity (Wildman–Crippen MR) is 113 cm³/mol. The second-order valence-electron chi connectivity index (χ2n) is 6.36. The Hall–Kier alpha value is -4.27. The summed E-state index contributed by atoms with van der Waals surface area (Å²) < 4.78 is 14.4. The Morgan fingerprint density at radius 1 is 0.750 bits per heavy atom. The molecule has 0 amide bonds. The van der Waals surface area contributed by atoms with Crippen molar-refractivity contribution in [3.8, 4) is 17.2 Å². The van der Waals surface area contributed by atoms with Crippen molar-refractivity contribution in [1.82, 2.24) is 0 Å². The number of carbonyl (C=O) groups is 3. The van der Waals surface area contributed by atoms with Crippen LogP contribution in [0.15, 0.2) is 54.6 Å². The van der Waals surface area contributed by atoms with Gasteiger partial charge in [-0.1, -0.05) is 24.3 Å². The second-order valence-corrected chi connectivity index (χ2v) is 6.36. The van der Waals surface area contributed by atoms with E-state index in [1.807, 2.05) is 0 Å². The zero-order valence-corrected chi connectivity index (χ0v) is 17.0. The molecular weight excluding hydrogens is 420 g/mol. The van der Waals surface area contributed by atoms with Crippen LogP contribution >= 0.6 is 0 Å². The normalized spacial score (nSPS) is 10.9. The van der Waals surface area contributed by atoms with Crippen LogP contribution in [-0.2, 0) is 28.6 Å². The second kappa shape index (κ2) is 12.4. The van der Waals surface area contributed by atoms with Crippen LogP contribution in [0, 0.1) is 0 Å². The highest BCUT2D eigenvalue weighted by Crippen LogP contribution is 2.25. The lowest BCUT2D eigenvalue weighted by Gasteiger charge is -2.05. The van der Waals surface area contributed by atoms with E-state index in [1.54, 1.807) is 24.3 Å². The molecule has 2 aromatic carbocycles. The topological polar surface area (TPSA) is 140 Å². The molecule has 0 aliphatic heterocycles. The van der Waals surface area contributed by atoms with E-state index in [0.29, 0.717) is 5.56 Å². The van der Waals surface area contributed by atoms with Crippen molar-refractivity contribution in [3.05, 3.63) is 65.7 Å². The molecule has 32 heavy (non-hydrogen) atoms. The molecule has 0 atom stereocenters. The zero-order chi connectivity index (χ0) is 23.3. The first-order valence-corrected chi connectivity index (χ1v) is 9.47. The first-order valence-electron chi connectivity index (χ1n) is 9.47. The minimum atomic E-state index is -0.787. The molecule has 0 radical (unpaired) electrons. The summed E-state index contributed by atoms with van der Waals surface area (Å²) in [5, 5.41) is 27.8. The molecule has 2 aromatic rings. The molecule has 0 bridgehead atoms. The van der Waals surface area contributed by atoms with Crippen molar-refractivity contribution in [2.75, 3.05) is 13.4 Å². The molecule has 168 valence electrons. The lowest BCUT2D eigenvalue weighted by molar-refractivity contribution is -0.165. The van der Waals surface area contributed by atoms with Crippen LogP contribution in [0.5, 0.6) is 17.2 Å². The van der Waals surface area contributed by atoms with E-state index in [4.69, 9.17) is 14.2 Å². The van der Waals surface area contributed by atoms with Crippen molar-refractivity contribution < 1.29 is 43.9 Å². The molecule has 9 heteroatoms. The van der Waals surface area contributed by atoms with E-state index in [-0.39, 0.29) is 36.7 Å². The molecule has 0 aromatic heterocycles. The number of benzene rings is 2. The Labute approximate surface area is 183 Å². The lowest BCUT2D eigenvalue weighted by atomic mass is 10.2. The maximum atomic E-state index is 11.6. The van der Waals surface area contributed by atoms with Gasteiger partial charge < -0.3 is 29.5 Å². The van der Waals surface area contributed by atoms with E-state index >= 15 is 0 Å². The number of aromatic hydroxyl groups is 3. The fourth-order valence-electron chi connectivity index (χ4n) is 2.27. The Bertz CT molecular complexity index is 991. The fourth-order valence-corrected chi connectivity index (χ4v) is 2.27. The zero-order valence-electron chi connectivity index (χ0n) is 17.0. The summed E-state index contributed by atoms with van der Waals surface area (Å²) >= 11 is 0. The Kier molecular flexibility index (Phi) is 9.32. The highest BCUT2D eigenvalue weighted by Gasteiger charge is 2.09. The summed E-state index contributed by atoms with van der Waals surface area (Å²) in [4.78, 5) is 34.8. The van der Waals surface area contributed by atoms with Crippen LogP contribution in [0.2, 0.25) is 0 Å². The quantitative estimate of drug-likeness (QED) is 0.219. The molecular formula is C23H22O9. The van der Waals surface area contributed by atoms with Gasteiger partial charge in [0.1, 0.15) is 12.4 Å². The van der Waals surface area contributed by atoms with Gasteiger partial charge >= 0.3 is 17.9 Å². The Morgan fingerprint density at radius 3 is 2.09 bits per heavy atom. The largest absolute Gasteiger partial charge is 0.508 e. The van der Waals surface area contributed by atoms with Crippen LogP contribution in [0.4, 0.5) is 0 Å². The number of hydrogen-bond donors (Lipinski definition) is 3. The molecule has 0 spiro atoms. The van der Waals surface area contributed by atoms with Crippen LogP contribution in [0.3, 0.4) is 0 Å². The summed E-state index contributed by atoms with van der Waals surface area (Å²) in [6, 6.07) is 10.5. The summed E-state index contributed by atoms with van der Waals surface area (Å²) in [6.45, 7) is -0.592. The Balaban J connectivity index is 1.58. The Morgan fingerprint density at radius 2 is 1.41 bits per heavy atom. The van der Waals surface area contributed by atoms with Crippen molar-refractivity contribution in [1.29, 1.82) is 0 Å². The summed E-state index contributed by atoms with van der Waals surface area (Å²) in [7, 11) is 0. The predicted octanol–water partition coefficient (Wildman–Crippen LogP) is 2.90. The van der Waals surface area contributed by atoms with Crippen molar-refractivity contribution in [2.24, 2.45) is 0 Å². The smallest absolute Gasteiger partial charge is 0.333 e. The maximum Gasteiger partial charge on any atom is 0.333 e. The van der Waals surface area contributed by atoms with E-state index in [1.165, 1.54) is 36.4 Å². The molecule has 0 unspecified atom stereocenters. The van der Waals surface area contributed by atoms with Crippen LogP contribution in [0.1, 0.15) is 24.0 Å². The third kappa shape index (κ3) is 9.04. The number of hydrogen-bond acceptors (Lipinski definition) is 9. The van der Waals surface area contributed by atoms with Crippen molar-refractivity contribution in [3.63, 3.8) is 0 Å². The van der Waals surface area contributed by atoms with Crippen LogP contribution in [-0.4, -0.2) is 46.6 Å². The van der Waals surface area contributed by atoms with E-state index in [2.05, 4.69) is 0 Å². The third-order valence-corrected chi connectivity index (χ3v) is 3.91. The molecule has 2 rings (SSSR count). The fraction of sp³-hybridized carbons (Fsp3) is 0.174. The SMILES string of the molecule is O=C(C=Cc1ccc(O)c(O)c1)OCOC(=O)CCC(=O)OCC=Cc1ccc(O)cc1. The van der Waals surface area contributed by atoms with Gasteiger partial charge in [0.2, 0.25) is 6.79 Å². The number of carbonyl (C=O) groups excluding carboxylic acids is 3. The average Bonchev–Trinajstić information content (AvgIpc) is 2.77. The molecule has 0 aliphatic rings. The van der Waals surface area contributed by atoms with Gasteiger partial charge in [0.15, 0.2) is 11.5 Å². The summed E-state index contributed by atoms with van der Waals surface area (Å²) in [5.41, 5.74) is 1.28. The third-order valence-electron chi connectivity index (χ3n) is 3.91. The first-order chi connectivity index (χ1) is 15.3. The van der Waals surface area contributed by atoms with Crippen LogP contribution in [0.25, 0.3) is 12.2 Å². The number of esters is 3. The van der Waals surface area contributed by atoms with E-state index < -0.39 is 24.7 Å². The standard InChI is InChI=1S/C23H22O9/c24-18-7-3-16(4-8-18)2-1-13-30-21(27)11-12-23(29)32-15-31-22(28)10-6-17-5-9-19(25)20(26)14-17/h1-10,14,24-26H,11-13,15H2. The van der Waals surface area contributed by atoms with Gasteiger partial charge in [-0.2, -0.15) is 0 Å². The van der Waals surface area contributed by atoms with Gasteiger partial charge in [-0.25, -0.2) is 4.79 Å². The van der Waals surface area contributed by atoms with Crippen molar-refractivity contribution in [2.45, 2.75) is 12.8 Å². The first kappa shape index (κ1) is 24.0. The van der Waals surface area contributed by atoms with Gasteiger partial charge in [-0.05, 0) is 47.5 Å². The molecule has 0 saturated carbocycles. The average molecular weight is 442 g/mol. The highest BCUT2D eigenvalue weighted by atomic mass is 16.7. The summed E-state index contributed by atoms with van der Waals surface area (Å²) in [5.74, 6) is -2.57. The number of rotatable bonds is 10. The van der Waals surface area contributed by atoms with E-state index in [9.17, 15) is 29.7 Å². The minimum Gasteiger partial charge on any atom is -0.508 e. The molecule has 9 nitrogen and oxygen atoms in total. The van der Waals surface area contributed by atoms with Crippen molar-refractivity contribution >= 4 is 30.1 Å². The van der Waals surface area contributed by atoms with Gasteiger partial charge in [-0.3, -0.25) is 9.59 Å². The lowest BCUT2D eigenvalue weighted by Crippen LogP contribution is -2.13. The van der Waals surface area contributed by atoms with Gasteiger partial charge in [0.05, 0.1) is 12.8 Å². The molecule has 0 saturated heterocycles. The maximum absolute atomic E-state index is 11.6. The van der Waals surface area contributed by atoms with Crippen LogP contribution < -0.4 is 0 Å². The van der Waals surface area contributed by atoms with Gasteiger partial charge in [0, 0.05) is 6.08 Å². The van der Waals surface area contributed by atoms with Gasteiger partial charge in [0.25, 0.3) is 0 Å². The molecule has 0 fully saturated rings. The number of ether oxygens (including phenoxy) is 3. The molecule has 3 N–H and O–H groups in total. The molecule has 0 aliphatic carbocycles. The van der Waals surface area contributed by atoms with Gasteiger partial charge in [-0.15, -0.1) is 0 Å². The highest BCUT2D eigenvalue weighted by molar-refractivity contribution is 5.87. The number of phenols is 3. The summed E-state index contributed by atoms with van der Waals surface area (Å²) in [6.07, 6.45) is 5.31. The minimum absolute atomic E-state index is 0.0253. The number of phenolic OH excluding ortho intramolecular Hbond substituents is 3. The molecule has 0 heterocycles. The van der Waals surface area contributed by atoms with E-state index in [0.717, 1.165) is 11.6 Å². The monoisotopic (exact) mass is 442 g/mol.